The van der Waals surface area contributed by atoms with Crippen LogP contribution in [0.25, 0.3) is 11.0 Å². The smallest absolute Gasteiger partial charge is 0.222 e. The molecule has 2 heterocycles. The molecule has 29 heavy (non-hydrogen) atoms. The van der Waals surface area contributed by atoms with Crippen LogP contribution in [0.15, 0.2) is 18.2 Å². The summed E-state index contributed by atoms with van der Waals surface area (Å²) in [5.74, 6) is -2.62. The Hall–Kier alpha value is -3.87. The van der Waals surface area contributed by atoms with Crippen LogP contribution in [0.5, 0.6) is 0 Å². The van der Waals surface area contributed by atoms with Gasteiger partial charge in [-0.1, -0.05) is 5.92 Å². The van der Waals surface area contributed by atoms with E-state index in [1.807, 2.05) is 0 Å². The molecule has 2 aromatic heterocycles. The lowest BCUT2D eigenvalue weighted by atomic mass is 10.1. The summed E-state index contributed by atoms with van der Waals surface area (Å²) in [7, 11) is 0. The highest BCUT2D eigenvalue weighted by Gasteiger charge is 2.25. The summed E-state index contributed by atoms with van der Waals surface area (Å²) in [4.78, 5) is 24.6. The van der Waals surface area contributed by atoms with Crippen molar-refractivity contribution >= 4 is 34.3 Å². The number of halogens is 3. The Kier molecular flexibility index (Phi) is 5.23. The zero-order valence-corrected chi connectivity index (χ0v) is 15.2. The summed E-state index contributed by atoms with van der Waals surface area (Å²) in [5.41, 5.74) is 10.9. The molecule has 10 heteroatoms. The number of hydrogen-bond acceptors (Lipinski definition) is 7. The molecule has 0 amide bonds. The predicted octanol–water partition coefficient (Wildman–Crippen LogP) is 2.45. The van der Waals surface area contributed by atoms with E-state index in [1.165, 1.54) is 6.07 Å². The lowest BCUT2D eigenvalue weighted by Gasteiger charge is -2.24. The molecule has 0 aliphatic heterocycles. The van der Waals surface area contributed by atoms with E-state index in [1.54, 1.807) is 6.07 Å². The fourth-order valence-electron chi connectivity index (χ4n) is 2.84. The van der Waals surface area contributed by atoms with E-state index in [0.29, 0.717) is 17.3 Å². The van der Waals surface area contributed by atoms with E-state index in [0.717, 1.165) is 11.8 Å². The quantitative estimate of drug-likeness (QED) is 0.384. The molecule has 0 saturated heterocycles. The minimum atomic E-state index is -1.51. The summed E-state index contributed by atoms with van der Waals surface area (Å²) >= 11 is 0. The van der Waals surface area contributed by atoms with Crippen molar-refractivity contribution in [1.82, 2.24) is 15.0 Å². The molecule has 4 N–H and O–H groups in total. The van der Waals surface area contributed by atoms with Gasteiger partial charge in [0.1, 0.15) is 11.2 Å². The van der Waals surface area contributed by atoms with Crippen LogP contribution in [0.4, 0.5) is 30.6 Å². The lowest BCUT2D eigenvalue weighted by Crippen LogP contribution is -2.26. The van der Waals surface area contributed by atoms with E-state index in [2.05, 4.69) is 20.9 Å². The number of benzene rings is 1. The molecular weight excluding hydrogens is 385 g/mol. The molecule has 7 nitrogen and oxygen atoms in total. The van der Waals surface area contributed by atoms with Crippen molar-refractivity contribution in [3.63, 3.8) is 0 Å². The Morgan fingerprint density at radius 1 is 1.17 bits per heavy atom. The number of nitrogens with zero attached hydrogens (tertiary/aromatic N) is 4. The SMILES string of the molecule is C#CCN(Cc1ccc2nc(N)nc(N)c2n1)c1c(F)cc(C(C)=O)c(F)c1F. The maximum Gasteiger partial charge on any atom is 0.222 e. The summed E-state index contributed by atoms with van der Waals surface area (Å²) < 4.78 is 43.3. The monoisotopic (exact) mass is 400 g/mol. The number of anilines is 3. The Bertz CT molecular complexity index is 1180. The number of carbonyl (C=O) groups excluding carboxylic acids is 1. The van der Waals surface area contributed by atoms with Crippen LogP contribution in [-0.4, -0.2) is 27.3 Å². The van der Waals surface area contributed by atoms with Crippen LogP contribution in [0.2, 0.25) is 0 Å². The topological polar surface area (TPSA) is 111 Å². The van der Waals surface area contributed by atoms with Gasteiger partial charge in [-0.25, -0.2) is 23.1 Å². The molecule has 0 aliphatic carbocycles. The lowest BCUT2D eigenvalue weighted by molar-refractivity contribution is 0.101. The molecule has 3 aromatic rings. The number of fused-ring (bicyclic) bond motifs is 1. The van der Waals surface area contributed by atoms with Gasteiger partial charge in [0.15, 0.2) is 29.1 Å². The summed E-state index contributed by atoms with van der Waals surface area (Å²) in [6.45, 7) is 0.588. The van der Waals surface area contributed by atoms with Crippen molar-refractivity contribution < 1.29 is 18.0 Å². The molecule has 3 rings (SSSR count). The second-order valence-corrected chi connectivity index (χ2v) is 6.14. The van der Waals surface area contributed by atoms with Gasteiger partial charge in [0.25, 0.3) is 0 Å². The average Bonchev–Trinajstić information content (AvgIpc) is 2.65. The summed E-state index contributed by atoms with van der Waals surface area (Å²) in [6, 6.07) is 3.74. The minimum Gasteiger partial charge on any atom is -0.382 e. The van der Waals surface area contributed by atoms with Crippen LogP contribution in [-0.2, 0) is 6.54 Å². The molecule has 148 valence electrons. The number of hydrogen-bond donors (Lipinski definition) is 2. The van der Waals surface area contributed by atoms with Crippen molar-refractivity contribution in [1.29, 1.82) is 0 Å². The Labute approximate surface area is 163 Å². The Balaban J connectivity index is 2.06. The molecule has 0 radical (unpaired) electrons. The molecule has 0 unspecified atom stereocenters. The van der Waals surface area contributed by atoms with Gasteiger partial charge in [0.05, 0.1) is 29.9 Å². The van der Waals surface area contributed by atoms with Crippen molar-refractivity contribution in [2.45, 2.75) is 13.5 Å². The first-order valence-electron chi connectivity index (χ1n) is 8.28. The highest BCUT2D eigenvalue weighted by atomic mass is 19.2. The van der Waals surface area contributed by atoms with Crippen molar-refractivity contribution in [2.75, 3.05) is 22.9 Å². The van der Waals surface area contributed by atoms with Gasteiger partial charge in [-0.15, -0.1) is 6.42 Å². The van der Waals surface area contributed by atoms with Crippen LogP contribution < -0.4 is 16.4 Å². The zero-order chi connectivity index (χ0) is 21.3. The fraction of sp³-hybridized carbons (Fsp3) is 0.158. The van der Waals surface area contributed by atoms with Crippen LogP contribution in [0.3, 0.4) is 0 Å². The number of ketones is 1. The number of nitrogen functional groups attached to an aromatic ring is 2. The van der Waals surface area contributed by atoms with Crippen LogP contribution in [0, 0.1) is 29.8 Å². The highest BCUT2D eigenvalue weighted by molar-refractivity contribution is 5.94. The second kappa shape index (κ2) is 7.63. The van der Waals surface area contributed by atoms with Crippen LogP contribution in [0.1, 0.15) is 23.0 Å². The third kappa shape index (κ3) is 3.75. The second-order valence-electron chi connectivity index (χ2n) is 6.14. The molecular formula is C19H15F3N6O. The number of aromatic nitrogens is 3. The third-order valence-electron chi connectivity index (χ3n) is 4.11. The first-order valence-corrected chi connectivity index (χ1v) is 8.28. The number of carbonyl (C=O) groups is 1. The number of rotatable bonds is 5. The van der Waals surface area contributed by atoms with E-state index in [-0.39, 0.29) is 30.4 Å². The van der Waals surface area contributed by atoms with Gasteiger partial charge in [-0.2, -0.15) is 4.98 Å². The highest BCUT2D eigenvalue weighted by Crippen LogP contribution is 2.29. The predicted molar refractivity (Wildman–Crippen MR) is 102 cm³/mol. The molecule has 0 aliphatic rings. The van der Waals surface area contributed by atoms with Gasteiger partial charge in [-0.05, 0) is 25.1 Å². The summed E-state index contributed by atoms with van der Waals surface area (Å²) in [5, 5.41) is 0. The Morgan fingerprint density at radius 2 is 1.90 bits per heavy atom. The number of nitrogens with two attached hydrogens (primary N) is 2. The van der Waals surface area contributed by atoms with Gasteiger partial charge in [0, 0.05) is 0 Å². The van der Waals surface area contributed by atoms with Crippen molar-refractivity contribution in [3.05, 3.63) is 46.9 Å². The molecule has 0 bridgehead atoms. The molecule has 1 aromatic carbocycles. The number of Topliss-reactive ketones (excluding diaryl/α,β-unsaturated/α-hetero) is 1. The first kappa shape index (κ1) is 19.9. The zero-order valence-electron chi connectivity index (χ0n) is 15.2. The largest absolute Gasteiger partial charge is 0.382 e. The van der Waals surface area contributed by atoms with Gasteiger partial charge < -0.3 is 16.4 Å². The molecule has 0 fully saturated rings. The van der Waals surface area contributed by atoms with E-state index >= 15 is 0 Å². The number of terminal acetylenes is 1. The van der Waals surface area contributed by atoms with E-state index in [9.17, 15) is 18.0 Å². The maximum atomic E-state index is 14.6. The first-order chi connectivity index (χ1) is 13.7. The fourth-order valence-corrected chi connectivity index (χ4v) is 2.84. The summed E-state index contributed by atoms with van der Waals surface area (Å²) in [6.07, 6.45) is 5.31. The van der Waals surface area contributed by atoms with Crippen molar-refractivity contribution in [3.8, 4) is 12.3 Å². The van der Waals surface area contributed by atoms with Gasteiger partial charge in [0.2, 0.25) is 5.95 Å². The average molecular weight is 400 g/mol. The maximum absolute atomic E-state index is 14.6. The Morgan fingerprint density at radius 3 is 2.55 bits per heavy atom. The van der Waals surface area contributed by atoms with Crippen molar-refractivity contribution in [2.24, 2.45) is 0 Å². The standard InChI is InChI=1S/C19H15F3N6O/c1-3-6-28(17-12(20)7-11(9(2)29)14(21)15(17)22)8-10-4-5-13-16(25-10)18(23)27-19(24)26-13/h1,4-5,7H,6,8H2,2H3,(H4,23,24,26,27). The molecule has 0 spiro atoms. The van der Waals surface area contributed by atoms with Gasteiger partial charge in [-0.3, -0.25) is 4.79 Å². The number of pyridine rings is 1. The third-order valence-corrected chi connectivity index (χ3v) is 4.11. The molecule has 0 saturated carbocycles. The molecule has 0 atom stereocenters. The van der Waals surface area contributed by atoms with E-state index in [4.69, 9.17) is 17.9 Å². The normalized spacial score (nSPS) is 10.7. The van der Waals surface area contributed by atoms with E-state index < -0.39 is 34.5 Å². The minimum absolute atomic E-state index is 0.0244. The van der Waals surface area contributed by atoms with Gasteiger partial charge >= 0.3 is 0 Å². The van der Waals surface area contributed by atoms with Crippen LogP contribution >= 0.6 is 0 Å².